The second-order valence-electron chi connectivity index (χ2n) is 7.56. The van der Waals surface area contributed by atoms with Crippen molar-refractivity contribution in [2.45, 2.75) is 31.8 Å². The number of carbonyl (C=O) groups is 2. The van der Waals surface area contributed by atoms with Gasteiger partial charge in [0.05, 0.1) is 19.2 Å². The molecule has 2 aromatic rings. The molecule has 1 aliphatic rings. The predicted molar refractivity (Wildman–Crippen MR) is 113 cm³/mol. The minimum absolute atomic E-state index is 0.000161. The highest BCUT2D eigenvalue weighted by Crippen LogP contribution is 2.24. The first-order valence-corrected chi connectivity index (χ1v) is 10.1. The Bertz CT molecular complexity index is 851. The van der Waals surface area contributed by atoms with E-state index in [1.165, 1.54) is 0 Å². The molecule has 3 rings (SSSR count). The van der Waals surface area contributed by atoms with Gasteiger partial charge in [-0.1, -0.05) is 30.3 Å². The lowest BCUT2D eigenvalue weighted by Crippen LogP contribution is -2.45. The number of nitrogens with two attached hydrogens (primary N) is 1. The Balaban J connectivity index is 1.74. The number of likely N-dealkylation sites (tertiary alicyclic amines) is 1. The zero-order chi connectivity index (χ0) is 20.8. The zero-order valence-corrected chi connectivity index (χ0v) is 16.9. The average Bonchev–Trinajstić information content (AvgIpc) is 2.78. The van der Waals surface area contributed by atoms with E-state index in [1.54, 1.807) is 16.8 Å². The number of nitrogens with zero attached hydrogens (tertiary/aromatic N) is 2. The van der Waals surface area contributed by atoms with Gasteiger partial charge in [-0.05, 0) is 54.2 Å². The van der Waals surface area contributed by atoms with Crippen molar-refractivity contribution in [3.05, 3.63) is 59.7 Å². The summed E-state index contributed by atoms with van der Waals surface area (Å²) in [7, 11) is 1.74. The standard InChI is InChI=1S/C23H29N3O3/c1-25(22(28)14-24)15-17-5-4-6-20(13-17)18-8-10-19(11-9-18)23(29)26-12-3-2-7-21(26)16-27/h4-6,8-11,13,21,27H,2-3,7,12,14-16,24H2,1H3. The Morgan fingerprint density at radius 2 is 1.90 bits per heavy atom. The van der Waals surface area contributed by atoms with Gasteiger partial charge in [-0.15, -0.1) is 0 Å². The third kappa shape index (κ3) is 5.02. The maximum Gasteiger partial charge on any atom is 0.254 e. The number of rotatable bonds is 6. The van der Waals surface area contributed by atoms with E-state index >= 15 is 0 Å². The first kappa shape index (κ1) is 21.0. The maximum absolute atomic E-state index is 12.9. The maximum atomic E-state index is 12.9. The summed E-state index contributed by atoms with van der Waals surface area (Å²) >= 11 is 0. The monoisotopic (exact) mass is 395 g/mol. The molecule has 154 valence electrons. The van der Waals surface area contributed by atoms with Crippen LogP contribution < -0.4 is 5.73 Å². The van der Waals surface area contributed by atoms with Gasteiger partial charge in [-0.25, -0.2) is 0 Å². The number of carbonyl (C=O) groups excluding carboxylic acids is 2. The van der Waals surface area contributed by atoms with Gasteiger partial charge in [0.15, 0.2) is 0 Å². The fraction of sp³-hybridized carbons (Fsp3) is 0.391. The topological polar surface area (TPSA) is 86.9 Å². The zero-order valence-electron chi connectivity index (χ0n) is 16.9. The molecular formula is C23H29N3O3. The summed E-state index contributed by atoms with van der Waals surface area (Å²) in [6.45, 7) is 1.21. The number of aliphatic hydroxyl groups excluding tert-OH is 1. The molecule has 0 aromatic heterocycles. The van der Waals surface area contributed by atoms with E-state index in [9.17, 15) is 14.7 Å². The molecule has 2 amide bonds. The number of hydrogen-bond acceptors (Lipinski definition) is 4. The lowest BCUT2D eigenvalue weighted by Gasteiger charge is -2.34. The average molecular weight is 396 g/mol. The lowest BCUT2D eigenvalue weighted by atomic mass is 9.99. The Morgan fingerprint density at radius 3 is 2.59 bits per heavy atom. The fourth-order valence-corrected chi connectivity index (χ4v) is 3.80. The number of hydrogen-bond donors (Lipinski definition) is 2. The quantitative estimate of drug-likeness (QED) is 0.785. The molecule has 2 aromatic carbocycles. The number of amides is 2. The Morgan fingerprint density at radius 1 is 1.14 bits per heavy atom. The number of benzene rings is 2. The summed E-state index contributed by atoms with van der Waals surface area (Å²) < 4.78 is 0. The lowest BCUT2D eigenvalue weighted by molar-refractivity contribution is -0.128. The van der Waals surface area contributed by atoms with Crippen LogP contribution in [0.4, 0.5) is 0 Å². The third-order valence-electron chi connectivity index (χ3n) is 5.51. The van der Waals surface area contributed by atoms with Crippen LogP contribution in [0.2, 0.25) is 0 Å². The molecule has 0 aliphatic carbocycles. The van der Waals surface area contributed by atoms with E-state index in [0.29, 0.717) is 18.7 Å². The van der Waals surface area contributed by atoms with Crippen LogP contribution in [0.5, 0.6) is 0 Å². The van der Waals surface area contributed by atoms with E-state index in [0.717, 1.165) is 36.0 Å². The minimum atomic E-state index is -0.0998. The van der Waals surface area contributed by atoms with E-state index in [1.807, 2.05) is 48.5 Å². The van der Waals surface area contributed by atoms with Gasteiger partial charge < -0.3 is 20.6 Å². The van der Waals surface area contributed by atoms with Crippen molar-refractivity contribution in [2.75, 3.05) is 26.7 Å². The second kappa shape index (κ2) is 9.67. The third-order valence-corrected chi connectivity index (χ3v) is 5.51. The summed E-state index contributed by atoms with van der Waals surface area (Å²) in [6, 6.07) is 15.5. The molecule has 1 aliphatic heterocycles. The molecule has 6 nitrogen and oxygen atoms in total. The molecule has 0 bridgehead atoms. The van der Waals surface area contributed by atoms with Gasteiger partial charge in [0.25, 0.3) is 5.91 Å². The molecule has 1 heterocycles. The van der Waals surface area contributed by atoms with Crippen LogP contribution >= 0.6 is 0 Å². The number of aliphatic hydroxyl groups is 1. The molecule has 0 saturated carbocycles. The predicted octanol–water partition coefficient (Wildman–Crippen LogP) is 2.26. The smallest absolute Gasteiger partial charge is 0.254 e. The summed E-state index contributed by atoms with van der Waals surface area (Å²) in [5.41, 5.74) is 9.12. The first-order valence-electron chi connectivity index (χ1n) is 10.1. The van der Waals surface area contributed by atoms with Crippen LogP contribution in [0.25, 0.3) is 11.1 Å². The molecule has 6 heteroatoms. The fourth-order valence-electron chi connectivity index (χ4n) is 3.80. The highest BCUT2D eigenvalue weighted by atomic mass is 16.3. The summed E-state index contributed by atoms with van der Waals surface area (Å²) in [4.78, 5) is 28.0. The van der Waals surface area contributed by atoms with Crippen LogP contribution in [0.1, 0.15) is 35.2 Å². The van der Waals surface area contributed by atoms with Crippen molar-refractivity contribution in [1.82, 2.24) is 9.80 Å². The van der Waals surface area contributed by atoms with E-state index in [2.05, 4.69) is 0 Å². The minimum Gasteiger partial charge on any atom is -0.394 e. The molecule has 1 atom stereocenters. The molecule has 3 N–H and O–H groups in total. The van der Waals surface area contributed by atoms with Crippen LogP contribution in [0.15, 0.2) is 48.5 Å². The second-order valence-corrected chi connectivity index (χ2v) is 7.56. The number of likely N-dealkylation sites (N-methyl/N-ethyl adjacent to an activating group) is 1. The SMILES string of the molecule is CN(Cc1cccc(-c2ccc(C(=O)N3CCCCC3CO)cc2)c1)C(=O)CN. The number of piperidine rings is 1. The van der Waals surface area contributed by atoms with Crippen LogP contribution in [0, 0.1) is 0 Å². The van der Waals surface area contributed by atoms with E-state index in [4.69, 9.17) is 5.73 Å². The van der Waals surface area contributed by atoms with Crippen LogP contribution in [-0.4, -0.2) is 59.5 Å². The molecule has 1 fully saturated rings. The van der Waals surface area contributed by atoms with Crippen molar-refractivity contribution in [2.24, 2.45) is 5.73 Å². The highest BCUT2D eigenvalue weighted by molar-refractivity contribution is 5.95. The van der Waals surface area contributed by atoms with Crippen molar-refractivity contribution in [3.63, 3.8) is 0 Å². The molecule has 1 unspecified atom stereocenters. The van der Waals surface area contributed by atoms with Crippen molar-refractivity contribution < 1.29 is 14.7 Å². The molecule has 0 spiro atoms. The normalized spacial score (nSPS) is 16.5. The summed E-state index contributed by atoms with van der Waals surface area (Å²) in [5, 5.41) is 9.56. The van der Waals surface area contributed by atoms with Crippen LogP contribution in [-0.2, 0) is 11.3 Å². The van der Waals surface area contributed by atoms with Gasteiger partial charge in [-0.2, -0.15) is 0 Å². The summed E-state index contributed by atoms with van der Waals surface area (Å²) in [5.74, 6) is -0.122. The molecule has 0 radical (unpaired) electrons. The first-order chi connectivity index (χ1) is 14.0. The van der Waals surface area contributed by atoms with Crippen molar-refractivity contribution in [1.29, 1.82) is 0 Å². The van der Waals surface area contributed by atoms with Gasteiger partial charge in [0.1, 0.15) is 0 Å². The van der Waals surface area contributed by atoms with E-state index < -0.39 is 0 Å². The van der Waals surface area contributed by atoms with Gasteiger partial charge in [0, 0.05) is 25.7 Å². The van der Waals surface area contributed by atoms with Gasteiger partial charge >= 0.3 is 0 Å². The molecule has 1 saturated heterocycles. The van der Waals surface area contributed by atoms with Gasteiger partial charge in [0.2, 0.25) is 5.91 Å². The highest BCUT2D eigenvalue weighted by Gasteiger charge is 2.26. The van der Waals surface area contributed by atoms with Crippen molar-refractivity contribution >= 4 is 11.8 Å². The van der Waals surface area contributed by atoms with Gasteiger partial charge in [-0.3, -0.25) is 9.59 Å². The molecular weight excluding hydrogens is 366 g/mol. The van der Waals surface area contributed by atoms with Crippen molar-refractivity contribution in [3.8, 4) is 11.1 Å². The largest absolute Gasteiger partial charge is 0.394 e. The van der Waals surface area contributed by atoms with E-state index in [-0.39, 0.29) is 31.0 Å². The Kier molecular flexibility index (Phi) is 7.01. The molecule has 29 heavy (non-hydrogen) atoms. The van der Waals surface area contributed by atoms with Crippen LogP contribution in [0.3, 0.4) is 0 Å². The Labute approximate surface area is 171 Å². The summed E-state index contributed by atoms with van der Waals surface area (Å²) in [6.07, 6.45) is 2.89. The Hall–Kier alpha value is -2.70.